The van der Waals surface area contributed by atoms with Gasteiger partial charge in [-0.3, -0.25) is 0 Å². The van der Waals surface area contributed by atoms with Gasteiger partial charge in [-0.15, -0.1) is 0 Å². The molecule has 30 heavy (non-hydrogen) atoms. The number of fused-ring (bicyclic) bond motifs is 6. The van der Waals surface area contributed by atoms with Crippen LogP contribution in [0.5, 0.6) is 0 Å². The summed E-state index contributed by atoms with van der Waals surface area (Å²) in [5.41, 5.74) is 12.2. The maximum absolute atomic E-state index is 2.53. The van der Waals surface area contributed by atoms with E-state index in [2.05, 4.69) is 96.4 Å². The quantitative estimate of drug-likeness (QED) is 0.274. The van der Waals surface area contributed by atoms with Crippen LogP contribution in [0.3, 0.4) is 0 Å². The van der Waals surface area contributed by atoms with Crippen molar-refractivity contribution in [3.8, 4) is 27.9 Å². The fourth-order valence-electron chi connectivity index (χ4n) is 5.60. The minimum absolute atomic E-state index is 1.09. The van der Waals surface area contributed by atoms with Crippen molar-refractivity contribution in [1.29, 1.82) is 0 Å². The van der Waals surface area contributed by atoms with Crippen LogP contribution in [0.4, 0.5) is 0 Å². The smallest absolute Gasteiger partial charge is 0.0538 e. The summed E-state index contributed by atoms with van der Waals surface area (Å²) >= 11 is 0. The Hall–Kier alpha value is -3.58. The predicted octanol–water partition coefficient (Wildman–Crippen LogP) is 7.70. The number of aromatic nitrogens is 1. The average Bonchev–Trinajstić information content (AvgIpc) is 3.29. The molecule has 142 valence electrons. The predicted molar refractivity (Wildman–Crippen MR) is 127 cm³/mol. The van der Waals surface area contributed by atoms with Gasteiger partial charge < -0.3 is 4.57 Å². The second kappa shape index (κ2) is 5.73. The van der Waals surface area contributed by atoms with Crippen LogP contribution in [-0.2, 0) is 6.42 Å². The van der Waals surface area contributed by atoms with Crippen molar-refractivity contribution >= 4 is 27.8 Å². The molecule has 1 nitrogen and oxygen atoms in total. The molecule has 1 heterocycles. The summed E-state index contributed by atoms with van der Waals surface area (Å²) < 4.78 is 2.53. The number of hydrogen-bond donors (Lipinski definition) is 0. The van der Waals surface area contributed by atoms with Gasteiger partial charge in [0.25, 0.3) is 0 Å². The van der Waals surface area contributed by atoms with Crippen LogP contribution in [0, 0.1) is 6.92 Å². The Labute approximate surface area is 175 Å². The van der Waals surface area contributed by atoms with E-state index in [4.69, 9.17) is 0 Å². The Morgan fingerprint density at radius 1 is 0.733 bits per heavy atom. The highest BCUT2D eigenvalue weighted by atomic mass is 15.0. The van der Waals surface area contributed by atoms with E-state index in [-0.39, 0.29) is 0 Å². The molecular weight excluding hydrogens is 362 g/mol. The first-order chi connectivity index (χ1) is 14.8. The molecular formula is C29H21N. The third-order valence-electron chi connectivity index (χ3n) is 6.86. The van der Waals surface area contributed by atoms with E-state index < -0.39 is 0 Å². The third-order valence-corrected chi connectivity index (χ3v) is 6.86. The molecule has 4 aromatic carbocycles. The molecule has 0 amide bonds. The molecule has 0 atom stereocenters. The molecule has 0 bridgehead atoms. The van der Waals surface area contributed by atoms with Crippen LogP contribution in [0.1, 0.15) is 23.2 Å². The van der Waals surface area contributed by atoms with Gasteiger partial charge in [-0.05, 0) is 65.6 Å². The minimum atomic E-state index is 1.09. The summed E-state index contributed by atoms with van der Waals surface area (Å²) in [5, 5.41) is 4.11. The lowest BCUT2D eigenvalue weighted by Crippen LogP contribution is -2.03. The first-order valence-corrected chi connectivity index (χ1v) is 10.8. The van der Waals surface area contributed by atoms with Crippen molar-refractivity contribution in [3.63, 3.8) is 0 Å². The lowest BCUT2D eigenvalue weighted by atomic mass is 10.00. The fourth-order valence-corrected chi connectivity index (χ4v) is 5.60. The molecule has 5 aromatic rings. The molecule has 1 aromatic heterocycles. The van der Waals surface area contributed by atoms with Crippen molar-refractivity contribution in [2.45, 2.75) is 19.8 Å². The molecule has 0 fully saturated rings. The largest absolute Gasteiger partial charge is 0.312 e. The van der Waals surface area contributed by atoms with Crippen molar-refractivity contribution < 1.29 is 0 Å². The van der Waals surface area contributed by atoms with Gasteiger partial charge in [0.15, 0.2) is 0 Å². The summed E-state index contributed by atoms with van der Waals surface area (Å²) in [6.45, 7) is 2.19. The van der Waals surface area contributed by atoms with E-state index in [1.165, 1.54) is 66.4 Å². The highest BCUT2D eigenvalue weighted by molar-refractivity contribution is 6.17. The van der Waals surface area contributed by atoms with E-state index in [0.717, 1.165) is 12.8 Å². The Balaban J connectivity index is 1.62. The third kappa shape index (κ3) is 1.97. The standard InChI is InChI=1S/C29H21N/c1-18-13-15-28-25(17-18)21-9-4-5-12-26(21)30(28)27-16-14-23-20-8-3-2-7-19(20)22-10-6-11-24(27)29(22)23/h2-4,6-11,13-17H,5,12H2,1H3. The van der Waals surface area contributed by atoms with Gasteiger partial charge >= 0.3 is 0 Å². The van der Waals surface area contributed by atoms with Gasteiger partial charge in [0.05, 0.1) is 11.2 Å². The summed E-state index contributed by atoms with van der Waals surface area (Å²) in [7, 11) is 0. The molecule has 0 spiro atoms. The zero-order valence-corrected chi connectivity index (χ0v) is 16.9. The second-order valence-corrected chi connectivity index (χ2v) is 8.56. The van der Waals surface area contributed by atoms with E-state index in [1.807, 2.05) is 0 Å². The number of nitrogens with zero attached hydrogens (tertiary/aromatic N) is 1. The van der Waals surface area contributed by atoms with E-state index >= 15 is 0 Å². The molecule has 0 unspecified atom stereocenters. The van der Waals surface area contributed by atoms with Gasteiger partial charge in [0.2, 0.25) is 0 Å². The van der Waals surface area contributed by atoms with Crippen LogP contribution in [0.25, 0.3) is 55.7 Å². The number of allylic oxidation sites excluding steroid dienone is 1. The van der Waals surface area contributed by atoms with Crippen molar-refractivity contribution in [1.82, 2.24) is 4.57 Å². The Morgan fingerprint density at radius 2 is 1.53 bits per heavy atom. The van der Waals surface area contributed by atoms with Crippen molar-refractivity contribution in [3.05, 3.63) is 95.7 Å². The summed E-state index contributed by atoms with van der Waals surface area (Å²) in [5.74, 6) is 0. The van der Waals surface area contributed by atoms with Gasteiger partial charge in [-0.2, -0.15) is 0 Å². The lowest BCUT2D eigenvalue weighted by Gasteiger charge is -2.16. The zero-order valence-electron chi connectivity index (χ0n) is 16.9. The van der Waals surface area contributed by atoms with E-state index in [9.17, 15) is 0 Å². The lowest BCUT2D eigenvalue weighted by molar-refractivity contribution is 0.892. The van der Waals surface area contributed by atoms with Crippen LogP contribution in [-0.4, -0.2) is 4.57 Å². The molecule has 0 saturated carbocycles. The molecule has 2 aliphatic carbocycles. The van der Waals surface area contributed by atoms with Gasteiger partial charge in [-0.1, -0.05) is 72.3 Å². The average molecular weight is 383 g/mol. The SMILES string of the molecule is Cc1ccc2c(c1)c1c(n2-c2ccc3c4c(cccc24)-c2ccccc2-3)CCC=C1. The number of rotatable bonds is 1. The zero-order chi connectivity index (χ0) is 19.8. The molecule has 7 rings (SSSR count). The maximum atomic E-state index is 2.53. The van der Waals surface area contributed by atoms with Crippen LogP contribution >= 0.6 is 0 Å². The van der Waals surface area contributed by atoms with Crippen LogP contribution in [0.2, 0.25) is 0 Å². The van der Waals surface area contributed by atoms with Crippen LogP contribution in [0.15, 0.2) is 78.9 Å². The van der Waals surface area contributed by atoms with E-state index in [0.29, 0.717) is 0 Å². The monoisotopic (exact) mass is 383 g/mol. The highest BCUT2D eigenvalue weighted by Crippen LogP contribution is 2.49. The number of hydrogen-bond acceptors (Lipinski definition) is 0. The van der Waals surface area contributed by atoms with Crippen LogP contribution < -0.4 is 0 Å². The second-order valence-electron chi connectivity index (χ2n) is 8.56. The first-order valence-electron chi connectivity index (χ1n) is 10.8. The van der Waals surface area contributed by atoms with Gasteiger partial charge in [-0.25, -0.2) is 0 Å². The summed E-state index contributed by atoms with van der Waals surface area (Å²) in [6, 6.07) is 27.1. The molecule has 0 N–H and O–H groups in total. The fraction of sp³-hybridized carbons (Fsp3) is 0.103. The Kier molecular flexibility index (Phi) is 3.10. The van der Waals surface area contributed by atoms with Gasteiger partial charge in [0, 0.05) is 22.0 Å². The first kappa shape index (κ1) is 16.2. The number of benzene rings is 4. The van der Waals surface area contributed by atoms with Crippen molar-refractivity contribution in [2.24, 2.45) is 0 Å². The van der Waals surface area contributed by atoms with Crippen molar-refractivity contribution in [2.75, 3.05) is 0 Å². The summed E-state index contributed by atoms with van der Waals surface area (Å²) in [6.07, 6.45) is 6.84. The topological polar surface area (TPSA) is 4.93 Å². The Morgan fingerprint density at radius 3 is 2.40 bits per heavy atom. The minimum Gasteiger partial charge on any atom is -0.312 e. The molecule has 2 aliphatic rings. The molecule has 1 heteroatoms. The molecule has 0 aliphatic heterocycles. The molecule has 0 radical (unpaired) electrons. The maximum Gasteiger partial charge on any atom is 0.0538 e. The Bertz CT molecular complexity index is 1520. The number of aryl methyl sites for hydroxylation is 1. The van der Waals surface area contributed by atoms with Gasteiger partial charge in [0.1, 0.15) is 0 Å². The highest BCUT2D eigenvalue weighted by Gasteiger charge is 2.24. The normalized spacial score (nSPS) is 13.8. The molecule has 0 saturated heterocycles. The van der Waals surface area contributed by atoms with E-state index in [1.54, 1.807) is 0 Å². The summed E-state index contributed by atoms with van der Waals surface area (Å²) in [4.78, 5) is 0.